The summed E-state index contributed by atoms with van der Waals surface area (Å²) in [4.78, 5) is 28.3. The maximum atomic E-state index is 11.5. The first-order valence-electron chi connectivity index (χ1n) is 21.7. The van der Waals surface area contributed by atoms with Gasteiger partial charge >= 0.3 is 6.03 Å². The van der Waals surface area contributed by atoms with Crippen molar-refractivity contribution < 1.29 is 4.79 Å². The molecule has 3 aromatic heterocycles. The zero-order valence-electron chi connectivity index (χ0n) is 36.1. The Balaban J connectivity index is 0.000000142. The summed E-state index contributed by atoms with van der Waals surface area (Å²) in [6.45, 7) is 11.6. The summed E-state index contributed by atoms with van der Waals surface area (Å²) in [7, 11) is 0. The third-order valence-corrected chi connectivity index (χ3v) is 12.6. The van der Waals surface area contributed by atoms with E-state index in [1.807, 2.05) is 65.6 Å². The predicted molar refractivity (Wildman–Crippen MR) is 246 cm³/mol. The van der Waals surface area contributed by atoms with Gasteiger partial charge in [-0.1, -0.05) is 57.2 Å². The van der Waals surface area contributed by atoms with E-state index < -0.39 is 0 Å². The van der Waals surface area contributed by atoms with E-state index in [-0.39, 0.29) is 17.9 Å². The summed E-state index contributed by atoms with van der Waals surface area (Å²) in [5, 5.41) is 42.0. The molecule has 9 rings (SSSR count). The maximum absolute atomic E-state index is 11.5. The minimum Gasteiger partial charge on any atom is -0.370 e. The van der Waals surface area contributed by atoms with Crippen LogP contribution in [0, 0.1) is 57.2 Å². The van der Waals surface area contributed by atoms with E-state index in [2.05, 4.69) is 71.4 Å². The number of rotatable bonds is 3. The number of guanidine groups is 1. The number of hydrogen-bond acceptors (Lipinski definition) is 9. The Hall–Kier alpha value is -7.14. The molecule has 320 valence electrons. The van der Waals surface area contributed by atoms with Gasteiger partial charge in [-0.25, -0.2) is 4.79 Å². The monoisotopic (exact) mass is 838 g/mol. The van der Waals surface area contributed by atoms with E-state index in [9.17, 15) is 20.6 Å². The number of nitrogens with one attached hydrogen (secondary N) is 2. The molecule has 6 N–H and O–H groups in total. The summed E-state index contributed by atoms with van der Waals surface area (Å²) in [6.07, 6.45) is 8.43. The van der Waals surface area contributed by atoms with Crippen molar-refractivity contribution in [1.29, 1.82) is 21.2 Å². The number of piperidine rings is 3. The van der Waals surface area contributed by atoms with E-state index in [1.165, 1.54) is 17.5 Å². The fourth-order valence-electron chi connectivity index (χ4n) is 9.85. The summed E-state index contributed by atoms with van der Waals surface area (Å²) >= 11 is 0. The van der Waals surface area contributed by atoms with E-state index in [4.69, 9.17) is 16.9 Å². The Morgan fingerprint density at radius 1 is 0.587 bits per heavy atom. The average Bonchev–Trinajstić information content (AvgIpc) is 3.30. The normalized spacial score (nSPS) is 22.0. The number of aromatic nitrogens is 3. The first-order chi connectivity index (χ1) is 30.5. The molecule has 6 heterocycles. The number of carbonyl (C=O) groups is 1. The molecule has 2 amide bonds. The fourth-order valence-corrected chi connectivity index (χ4v) is 9.85. The van der Waals surface area contributed by atoms with Gasteiger partial charge in [-0.2, -0.15) is 15.8 Å². The number of nitrogens with two attached hydrogens (primary N) is 2. The van der Waals surface area contributed by atoms with E-state index in [0.717, 1.165) is 77.3 Å². The molecule has 3 aliphatic rings. The SMILES string of the molecule is C[C@@H]1C[C@H](c2ccc(C#N)c3ncccc23)CN(C(=N)N)C1.C[C@@H]1C[C@H](c2ccc(C#N)c3ncccc23)CN(C(N)=O)C1.C[C@H]1CNCC(c2ccc(C#N)c3ncccc23)C1. The molecule has 0 aliphatic carbocycles. The minimum atomic E-state index is -0.368. The van der Waals surface area contributed by atoms with Gasteiger partial charge in [-0.15, -0.1) is 0 Å². The molecule has 0 radical (unpaired) electrons. The minimum absolute atomic E-state index is 0.132. The number of primary amides is 1. The highest BCUT2D eigenvalue weighted by molar-refractivity contribution is 5.89. The van der Waals surface area contributed by atoms with Crippen LogP contribution in [0.5, 0.6) is 0 Å². The largest absolute Gasteiger partial charge is 0.370 e. The summed E-state index contributed by atoms with van der Waals surface area (Å²) in [5.74, 6) is 2.73. The van der Waals surface area contributed by atoms with E-state index in [0.29, 0.717) is 59.4 Å². The van der Waals surface area contributed by atoms with Crippen molar-refractivity contribution in [2.75, 3.05) is 39.3 Å². The molecule has 1 unspecified atom stereocenters. The van der Waals surface area contributed by atoms with Gasteiger partial charge in [-0.05, 0) is 103 Å². The number of nitrogens with zero attached hydrogens (tertiary/aromatic N) is 8. The Labute approximate surface area is 368 Å². The van der Waals surface area contributed by atoms with E-state index in [1.54, 1.807) is 23.5 Å². The van der Waals surface area contributed by atoms with Crippen molar-refractivity contribution in [3.05, 3.63) is 125 Å². The smallest absolute Gasteiger partial charge is 0.314 e. The number of benzene rings is 3. The highest BCUT2D eigenvalue weighted by atomic mass is 16.2. The number of carbonyl (C=O) groups excluding carboxylic acids is 1. The number of pyridine rings is 3. The molecular formula is C50H54N12O. The van der Waals surface area contributed by atoms with Gasteiger partial charge in [0.1, 0.15) is 18.2 Å². The van der Waals surface area contributed by atoms with Crippen LogP contribution < -0.4 is 16.8 Å². The molecule has 6 atom stereocenters. The molecule has 0 spiro atoms. The predicted octanol–water partition coefficient (Wildman–Crippen LogP) is 7.86. The van der Waals surface area contributed by atoms with Crippen LogP contribution in [0.1, 0.15) is 91.2 Å². The molecule has 3 aromatic carbocycles. The average molecular weight is 839 g/mol. The highest BCUT2D eigenvalue weighted by Crippen LogP contribution is 2.37. The zero-order chi connectivity index (χ0) is 44.6. The molecule has 3 fully saturated rings. The van der Waals surface area contributed by atoms with Gasteiger partial charge in [0.2, 0.25) is 0 Å². The number of likely N-dealkylation sites (tertiary alicyclic amines) is 2. The third-order valence-electron chi connectivity index (χ3n) is 12.6. The molecule has 6 aromatic rings. The van der Waals surface area contributed by atoms with Gasteiger partial charge in [0.25, 0.3) is 0 Å². The molecule has 3 saturated heterocycles. The van der Waals surface area contributed by atoms with Crippen LogP contribution in [-0.4, -0.2) is 76.0 Å². The number of urea groups is 1. The quantitative estimate of drug-likeness (QED) is 0.0998. The van der Waals surface area contributed by atoms with Crippen molar-refractivity contribution >= 4 is 44.7 Å². The molecule has 63 heavy (non-hydrogen) atoms. The number of amides is 2. The molecule has 0 saturated carbocycles. The Morgan fingerprint density at radius 3 is 1.38 bits per heavy atom. The highest BCUT2D eigenvalue weighted by Gasteiger charge is 2.30. The van der Waals surface area contributed by atoms with Crippen LogP contribution in [-0.2, 0) is 0 Å². The zero-order valence-corrected chi connectivity index (χ0v) is 36.1. The molecule has 13 heteroatoms. The Kier molecular flexibility index (Phi) is 13.7. The Bertz CT molecular complexity index is 2640. The molecule has 13 nitrogen and oxygen atoms in total. The van der Waals surface area contributed by atoms with Crippen LogP contribution in [0.25, 0.3) is 32.7 Å². The maximum Gasteiger partial charge on any atom is 0.314 e. The van der Waals surface area contributed by atoms with Crippen LogP contribution in [0.15, 0.2) is 91.4 Å². The first-order valence-corrected chi connectivity index (χ1v) is 21.7. The second-order valence-corrected chi connectivity index (χ2v) is 17.4. The lowest BCUT2D eigenvalue weighted by Gasteiger charge is -2.37. The van der Waals surface area contributed by atoms with Crippen molar-refractivity contribution in [3.8, 4) is 18.2 Å². The lowest BCUT2D eigenvalue weighted by molar-refractivity contribution is 0.168. The summed E-state index contributed by atoms with van der Waals surface area (Å²) < 4.78 is 0. The molecule has 3 aliphatic heterocycles. The number of hydrogen-bond donors (Lipinski definition) is 4. The van der Waals surface area contributed by atoms with Crippen molar-refractivity contribution in [3.63, 3.8) is 0 Å². The number of fused-ring (bicyclic) bond motifs is 3. The first kappa shape index (κ1) is 43.9. The number of nitriles is 3. The van der Waals surface area contributed by atoms with Gasteiger partial charge in [0.05, 0.1) is 33.2 Å². The lowest BCUT2D eigenvalue weighted by Crippen LogP contribution is -2.45. The van der Waals surface area contributed by atoms with Crippen LogP contribution in [0.3, 0.4) is 0 Å². The van der Waals surface area contributed by atoms with Crippen LogP contribution in [0.4, 0.5) is 4.79 Å². The van der Waals surface area contributed by atoms with Gasteiger partial charge in [0, 0.05) is 79.3 Å². The van der Waals surface area contributed by atoms with Gasteiger partial charge in [-0.3, -0.25) is 20.4 Å². The third kappa shape index (κ3) is 9.83. The molecule has 0 bridgehead atoms. The Morgan fingerprint density at radius 2 is 0.984 bits per heavy atom. The lowest BCUT2D eigenvalue weighted by atomic mass is 9.83. The summed E-state index contributed by atoms with van der Waals surface area (Å²) in [5.41, 5.74) is 19.0. The van der Waals surface area contributed by atoms with Crippen LogP contribution >= 0.6 is 0 Å². The van der Waals surface area contributed by atoms with Crippen LogP contribution in [0.2, 0.25) is 0 Å². The summed E-state index contributed by atoms with van der Waals surface area (Å²) in [6, 6.07) is 29.8. The van der Waals surface area contributed by atoms with Crippen molar-refractivity contribution in [1.82, 2.24) is 30.1 Å². The van der Waals surface area contributed by atoms with Crippen molar-refractivity contribution in [2.45, 2.75) is 57.8 Å². The van der Waals surface area contributed by atoms with Crippen molar-refractivity contribution in [2.24, 2.45) is 29.2 Å². The second kappa shape index (κ2) is 19.7. The topological polar surface area (TPSA) is 222 Å². The second-order valence-electron chi connectivity index (χ2n) is 17.4. The van der Waals surface area contributed by atoms with E-state index >= 15 is 0 Å². The molecular weight excluding hydrogens is 785 g/mol. The van der Waals surface area contributed by atoms with Gasteiger partial charge < -0.3 is 26.6 Å². The van der Waals surface area contributed by atoms with Gasteiger partial charge in [0.15, 0.2) is 5.96 Å². The standard InChI is InChI=1S/C17H19N5.C17H18N4O.C16H17N3/c1-11-7-13(10-22(9-11)17(19)20)14-5-4-12(8-18)16-15(14)3-2-6-21-16;1-11-7-13(10-21(9-11)17(19)22)14-5-4-12(8-18)16-15(14)3-2-6-20-16;1-11-7-13(10-18-9-11)14-5-4-12(8-17)16-15(14)3-2-6-19-16/h2-6,11,13H,7,9-10H2,1H3,(H3,19,20);2-6,11,13H,7,9-10H2,1H3,(H2,19,22);2-6,11,13,18H,7,9-10H2,1H3/t2*11-,13+;11-,13?/m111/s1. The fraction of sp³-hybridized carbons (Fsp3) is 0.360.